The second-order valence-electron chi connectivity index (χ2n) is 9.14. The number of nitrogens with zero attached hydrogens (tertiary/aromatic N) is 1. The number of benzene rings is 1. The van der Waals surface area contributed by atoms with Crippen LogP contribution in [-0.4, -0.2) is 47.9 Å². The minimum Gasteiger partial charge on any atom is -0.497 e. The Morgan fingerprint density at radius 1 is 1.03 bits per heavy atom. The Morgan fingerprint density at radius 2 is 1.61 bits per heavy atom. The maximum absolute atomic E-state index is 6.57. The summed E-state index contributed by atoms with van der Waals surface area (Å²) in [5.41, 5.74) is 2.79. The first-order valence-electron chi connectivity index (χ1n) is 11.7. The zero-order chi connectivity index (χ0) is 22.9. The summed E-state index contributed by atoms with van der Waals surface area (Å²) in [6.45, 7) is 12.0. The Balaban J connectivity index is 2.13. The number of hydrogen-bond acceptors (Lipinski definition) is 6. The van der Waals surface area contributed by atoms with Crippen LogP contribution in [0.25, 0.3) is 0 Å². The van der Waals surface area contributed by atoms with E-state index in [1.807, 2.05) is 31.3 Å². The van der Waals surface area contributed by atoms with E-state index in [2.05, 4.69) is 45.3 Å². The lowest BCUT2D eigenvalue weighted by Crippen LogP contribution is -2.53. The third-order valence-electron chi connectivity index (χ3n) is 6.35. The van der Waals surface area contributed by atoms with Crippen LogP contribution in [-0.2, 0) is 8.85 Å². The molecule has 0 saturated heterocycles. The Labute approximate surface area is 190 Å². The standard InChI is InChI=1S/C24H43N3O3Si/c1-18(2)31(19(3)4,29-16-25-6)30-17-26-24(21-10-8-9-11-21)20(5)27-22-12-14-23(28-7)15-13-22/h12-15,18-19,21,24-26H,8-11,16-17H2,1-7H3/b27-20-. The van der Waals surface area contributed by atoms with Crippen LogP contribution in [0.1, 0.15) is 60.3 Å². The summed E-state index contributed by atoms with van der Waals surface area (Å²) in [6, 6.07) is 8.13. The molecule has 0 aromatic heterocycles. The Morgan fingerprint density at radius 3 is 2.13 bits per heavy atom. The van der Waals surface area contributed by atoms with Crippen LogP contribution in [0.2, 0.25) is 11.1 Å². The predicted octanol–water partition coefficient (Wildman–Crippen LogP) is 5.37. The molecule has 0 aliphatic heterocycles. The van der Waals surface area contributed by atoms with Gasteiger partial charge in [0.05, 0.1) is 26.3 Å². The van der Waals surface area contributed by atoms with Crippen LogP contribution in [0.15, 0.2) is 29.3 Å². The van der Waals surface area contributed by atoms with Gasteiger partial charge in [-0.25, -0.2) is 0 Å². The molecule has 6 nitrogen and oxygen atoms in total. The summed E-state index contributed by atoms with van der Waals surface area (Å²) in [5.74, 6) is 1.44. The van der Waals surface area contributed by atoms with Gasteiger partial charge in [-0.2, -0.15) is 0 Å². The summed E-state index contributed by atoms with van der Waals surface area (Å²) in [4.78, 5) is 4.93. The monoisotopic (exact) mass is 449 g/mol. The highest BCUT2D eigenvalue weighted by atomic mass is 28.4. The fraction of sp³-hybridized carbons (Fsp3) is 0.708. The third kappa shape index (κ3) is 7.12. The van der Waals surface area contributed by atoms with Crippen LogP contribution in [0.3, 0.4) is 0 Å². The molecule has 0 bridgehead atoms. The van der Waals surface area contributed by atoms with Gasteiger partial charge in [-0.3, -0.25) is 15.6 Å². The summed E-state index contributed by atoms with van der Waals surface area (Å²) < 4.78 is 18.1. The lowest BCUT2D eigenvalue weighted by Gasteiger charge is -2.38. The van der Waals surface area contributed by atoms with E-state index in [-0.39, 0.29) is 6.04 Å². The summed E-state index contributed by atoms with van der Waals surface area (Å²) in [5, 5.41) is 6.82. The van der Waals surface area contributed by atoms with Crippen LogP contribution >= 0.6 is 0 Å². The number of aliphatic imine (C=N–C) groups is 1. The van der Waals surface area contributed by atoms with Gasteiger partial charge in [0, 0.05) is 11.8 Å². The molecule has 1 aromatic carbocycles. The largest absolute Gasteiger partial charge is 0.497 e. The predicted molar refractivity (Wildman–Crippen MR) is 132 cm³/mol. The van der Waals surface area contributed by atoms with E-state index < -0.39 is 8.56 Å². The Kier molecular flexibility index (Phi) is 10.7. The minimum absolute atomic E-state index is 0.208. The number of ether oxygens (including phenoxy) is 1. The molecule has 176 valence electrons. The van der Waals surface area contributed by atoms with E-state index in [0.29, 0.717) is 30.5 Å². The van der Waals surface area contributed by atoms with Crippen LogP contribution in [0.4, 0.5) is 5.69 Å². The molecule has 2 N–H and O–H groups in total. The lowest BCUT2D eigenvalue weighted by molar-refractivity contribution is 0.130. The highest BCUT2D eigenvalue weighted by molar-refractivity contribution is 6.70. The van der Waals surface area contributed by atoms with Crippen LogP contribution in [0.5, 0.6) is 5.75 Å². The summed E-state index contributed by atoms with van der Waals surface area (Å²) in [6.07, 6.45) is 5.06. The molecular formula is C24H43N3O3Si. The topological polar surface area (TPSA) is 64.1 Å². The lowest BCUT2D eigenvalue weighted by atomic mass is 9.94. The molecule has 1 unspecified atom stereocenters. The fourth-order valence-corrected chi connectivity index (χ4v) is 8.11. The second-order valence-corrected chi connectivity index (χ2v) is 13.5. The van der Waals surface area contributed by atoms with Crippen molar-refractivity contribution in [2.24, 2.45) is 10.9 Å². The molecule has 0 radical (unpaired) electrons. The molecule has 1 aromatic rings. The molecule has 2 rings (SSSR count). The fourth-order valence-electron chi connectivity index (χ4n) is 4.68. The second kappa shape index (κ2) is 12.7. The summed E-state index contributed by atoms with van der Waals surface area (Å²) >= 11 is 0. The van der Waals surface area contributed by atoms with Crippen molar-refractivity contribution in [1.29, 1.82) is 0 Å². The first-order chi connectivity index (χ1) is 14.8. The zero-order valence-corrected chi connectivity index (χ0v) is 21.5. The molecule has 0 heterocycles. The number of methoxy groups -OCH3 is 1. The van der Waals surface area contributed by atoms with Gasteiger partial charge >= 0.3 is 8.56 Å². The van der Waals surface area contributed by atoms with E-state index in [1.165, 1.54) is 25.7 Å². The first-order valence-corrected chi connectivity index (χ1v) is 13.7. The van der Waals surface area contributed by atoms with Gasteiger partial charge in [-0.1, -0.05) is 40.5 Å². The molecule has 31 heavy (non-hydrogen) atoms. The Bertz CT molecular complexity index is 665. The quantitative estimate of drug-likeness (QED) is 0.241. The highest BCUT2D eigenvalue weighted by Gasteiger charge is 2.45. The average molecular weight is 450 g/mol. The van der Waals surface area contributed by atoms with Gasteiger partial charge in [0.2, 0.25) is 0 Å². The maximum atomic E-state index is 6.57. The van der Waals surface area contributed by atoms with Gasteiger partial charge in [0.25, 0.3) is 0 Å². The van der Waals surface area contributed by atoms with Gasteiger partial charge in [-0.05, 0) is 68.1 Å². The molecule has 1 saturated carbocycles. The molecule has 1 aliphatic rings. The number of rotatable bonds is 13. The van der Waals surface area contributed by atoms with Crippen molar-refractivity contribution in [3.8, 4) is 5.75 Å². The van der Waals surface area contributed by atoms with Crippen molar-refractivity contribution < 1.29 is 13.6 Å². The van der Waals surface area contributed by atoms with E-state index in [0.717, 1.165) is 17.1 Å². The average Bonchev–Trinajstić information content (AvgIpc) is 3.27. The zero-order valence-electron chi connectivity index (χ0n) is 20.5. The molecule has 1 atom stereocenters. The van der Waals surface area contributed by atoms with Crippen LogP contribution < -0.4 is 15.4 Å². The number of nitrogens with one attached hydrogen (secondary N) is 2. The van der Waals surface area contributed by atoms with Gasteiger partial charge in [0.15, 0.2) is 0 Å². The van der Waals surface area contributed by atoms with Crippen molar-refractivity contribution in [3.63, 3.8) is 0 Å². The first kappa shape index (κ1) is 26.0. The van der Waals surface area contributed by atoms with Crippen molar-refractivity contribution in [2.45, 2.75) is 77.4 Å². The normalized spacial score (nSPS) is 17.0. The van der Waals surface area contributed by atoms with Crippen molar-refractivity contribution in [2.75, 3.05) is 27.6 Å². The van der Waals surface area contributed by atoms with Crippen LogP contribution in [0, 0.1) is 5.92 Å². The molecule has 1 fully saturated rings. The van der Waals surface area contributed by atoms with E-state index in [9.17, 15) is 0 Å². The van der Waals surface area contributed by atoms with Gasteiger partial charge in [0.1, 0.15) is 5.75 Å². The maximum Gasteiger partial charge on any atom is 0.345 e. The summed E-state index contributed by atoms with van der Waals surface area (Å²) in [7, 11) is 1.22. The van der Waals surface area contributed by atoms with Crippen molar-refractivity contribution >= 4 is 20.0 Å². The SMILES string of the molecule is CNCO[Si](OCNC(/C(C)=N\c1ccc(OC)cc1)C1CCCC1)(C(C)C)C(C)C. The van der Waals surface area contributed by atoms with Crippen molar-refractivity contribution in [3.05, 3.63) is 24.3 Å². The molecule has 7 heteroatoms. The molecule has 0 spiro atoms. The smallest absolute Gasteiger partial charge is 0.345 e. The van der Waals surface area contributed by atoms with E-state index in [4.69, 9.17) is 18.6 Å². The minimum atomic E-state index is -2.38. The molecule has 0 amide bonds. The molecular weight excluding hydrogens is 406 g/mol. The van der Waals surface area contributed by atoms with Gasteiger partial charge < -0.3 is 13.6 Å². The third-order valence-corrected chi connectivity index (χ3v) is 10.8. The van der Waals surface area contributed by atoms with Gasteiger partial charge in [-0.15, -0.1) is 0 Å². The van der Waals surface area contributed by atoms with E-state index in [1.54, 1.807) is 7.11 Å². The van der Waals surface area contributed by atoms with E-state index >= 15 is 0 Å². The number of hydrogen-bond donors (Lipinski definition) is 2. The molecule has 1 aliphatic carbocycles. The van der Waals surface area contributed by atoms with Crippen molar-refractivity contribution in [1.82, 2.24) is 10.6 Å². The highest BCUT2D eigenvalue weighted by Crippen LogP contribution is 2.34. The Hall–Kier alpha value is -1.25.